The molecule has 9 heteroatoms. The van der Waals surface area contributed by atoms with Gasteiger partial charge < -0.3 is 15.2 Å². The van der Waals surface area contributed by atoms with E-state index in [9.17, 15) is 14.9 Å². The van der Waals surface area contributed by atoms with Gasteiger partial charge in [-0.1, -0.05) is 42.0 Å². The van der Waals surface area contributed by atoms with E-state index in [2.05, 4.69) is 10.5 Å². The third-order valence-corrected chi connectivity index (χ3v) is 4.73. The number of methoxy groups -OCH3 is 1. The number of nitrogens with one attached hydrogen (secondary N) is 1. The monoisotopic (exact) mass is 448 g/mol. The topological polar surface area (TPSA) is 129 Å². The number of carbonyl (C=O) groups is 1. The van der Waals surface area contributed by atoms with E-state index >= 15 is 0 Å². The van der Waals surface area contributed by atoms with E-state index in [4.69, 9.17) is 15.2 Å². The molecular formula is C24H24N4O5. The minimum absolute atomic E-state index is 0.0209. The molecule has 33 heavy (non-hydrogen) atoms. The first-order valence-corrected chi connectivity index (χ1v) is 10.1. The van der Waals surface area contributed by atoms with Crippen LogP contribution in [-0.4, -0.2) is 24.2 Å². The number of carbonyl (C=O) groups excluding carboxylic acids is 1. The second kappa shape index (κ2) is 10.8. The SMILES string of the molecule is COc1cc(/C=N\NC(=O)Cc2ccc(N)cc2)cc([N+](=O)[O-])c1OCc1ccc(C)cc1. The molecule has 0 saturated carbocycles. The number of benzene rings is 3. The Morgan fingerprint density at radius 1 is 1.12 bits per heavy atom. The van der Waals surface area contributed by atoms with Crippen molar-refractivity contribution in [3.8, 4) is 11.5 Å². The Labute approximate surface area is 191 Å². The summed E-state index contributed by atoms with van der Waals surface area (Å²) in [6.07, 6.45) is 1.42. The predicted molar refractivity (Wildman–Crippen MR) is 125 cm³/mol. The van der Waals surface area contributed by atoms with E-state index in [1.165, 1.54) is 19.4 Å². The molecule has 3 aromatic rings. The Kier molecular flexibility index (Phi) is 7.59. The molecule has 0 aromatic heterocycles. The van der Waals surface area contributed by atoms with E-state index in [1.54, 1.807) is 30.3 Å². The highest BCUT2D eigenvalue weighted by Crippen LogP contribution is 2.38. The van der Waals surface area contributed by atoms with E-state index in [0.717, 1.165) is 16.7 Å². The molecule has 1 amide bonds. The van der Waals surface area contributed by atoms with Gasteiger partial charge in [-0.2, -0.15) is 5.10 Å². The van der Waals surface area contributed by atoms with Gasteiger partial charge in [-0.05, 0) is 36.2 Å². The number of nitrogens with two attached hydrogens (primary N) is 1. The summed E-state index contributed by atoms with van der Waals surface area (Å²) in [5.41, 5.74) is 11.5. The summed E-state index contributed by atoms with van der Waals surface area (Å²) in [4.78, 5) is 23.2. The third-order valence-electron chi connectivity index (χ3n) is 4.73. The lowest BCUT2D eigenvalue weighted by Gasteiger charge is -2.12. The van der Waals surface area contributed by atoms with Crippen LogP contribution in [0.25, 0.3) is 0 Å². The maximum Gasteiger partial charge on any atom is 0.315 e. The average molecular weight is 448 g/mol. The normalized spacial score (nSPS) is 10.7. The van der Waals surface area contributed by atoms with Gasteiger partial charge in [-0.25, -0.2) is 5.43 Å². The Hall–Kier alpha value is -4.40. The molecule has 0 atom stereocenters. The molecular weight excluding hydrogens is 424 g/mol. The van der Waals surface area contributed by atoms with Crippen LogP contribution >= 0.6 is 0 Å². The minimum atomic E-state index is -0.552. The fourth-order valence-electron chi connectivity index (χ4n) is 2.99. The van der Waals surface area contributed by atoms with Gasteiger partial charge in [-0.3, -0.25) is 14.9 Å². The molecule has 9 nitrogen and oxygen atoms in total. The number of rotatable bonds is 9. The number of amides is 1. The molecule has 3 N–H and O–H groups in total. The minimum Gasteiger partial charge on any atom is -0.493 e. The number of nitrogens with zero attached hydrogens (tertiary/aromatic N) is 2. The van der Waals surface area contributed by atoms with E-state index < -0.39 is 4.92 Å². The highest BCUT2D eigenvalue weighted by Gasteiger charge is 2.22. The predicted octanol–water partition coefficient (Wildman–Crippen LogP) is 3.77. The van der Waals surface area contributed by atoms with Gasteiger partial charge in [-0.15, -0.1) is 0 Å². The highest BCUT2D eigenvalue weighted by atomic mass is 16.6. The van der Waals surface area contributed by atoms with Gasteiger partial charge in [0.15, 0.2) is 5.75 Å². The lowest BCUT2D eigenvalue weighted by molar-refractivity contribution is -0.386. The second-order valence-corrected chi connectivity index (χ2v) is 7.31. The van der Waals surface area contributed by atoms with Crippen molar-refractivity contribution in [2.75, 3.05) is 12.8 Å². The van der Waals surface area contributed by atoms with Crippen LogP contribution in [0.5, 0.6) is 11.5 Å². The number of aryl methyl sites for hydroxylation is 1. The van der Waals surface area contributed by atoms with Gasteiger partial charge in [0.05, 0.1) is 24.7 Å². The summed E-state index contributed by atoms with van der Waals surface area (Å²) in [5, 5.41) is 15.5. The van der Waals surface area contributed by atoms with E-state index in [0.29, 0.717) is 11.3 Å². The summed E-state index contributed by atoms with van der Waals surface area (Å²) in [7, 11) is 1.40. The van der Waals surface area contributed by atoms with Crippen molar-refractivity contribution in [1.29, 1.82) is 0 Å². The summed E-state index contributed by atoms with van der Waals surface area (Å²) in [6, 6.07) is 17.4. The zero-order chi connectivity index (χ0) is 23.8. The van der Waals surface area contributed by atoms with Crippen LogP contribution in [-0.2, 0) is 17.8 Å². The summed E-state index contributed by atoms with van der Waals surface area (Å²) in [6.45, 7) is 2.12. The molecule has 0 saturated heterocycles. The number of anilines is 1. The van der Waals surface area contributed by atoms with Gasteiger partial charge >= 0.3 is 5.69 Å². The first kappa shape index (κ1) is 23.3. The number of ether oxygens (including phenoxy) is 2. The smallest absolute Gasteiger partial charge is 0.315 e. The number of hydrogen-bond acceptors (Lipinski definition) is 7. The van der Waals surface area contributed by atoms with Crippen molar-refractivity contribution in [3.05, 3.63) is 93.0 Å². The fraction of sp³-hybridized carbons (Fsp3) is 0.167. The molecule has 0 aliphatic heterocycles. The van der Waals surface area contributed by atoms with E-state index in [-0.39, 0.29) is 36.1 Å². The maximum atomic E-state index is 12.1. The molecule has 0 unspecified atom stereocenters. The molecule has 0 aliphatic rings. The van der Waals surface area contributed by atoms with Crippen LogP contribution in [0.1, 0.15) is 22.3 Å². The largest absolute Gasteiger partial charge is 0.493 e. The standard InChI is InChI=1S/C24H24N4O5/c1-16-3-5-18(6-4-16)15-33-24-21(28(30)31)11-19(12-22(24)32-2)14-26-27-23(29)13-17-7-9-20(25)10-8-17/h3-12,14H,13,15,25H2,1-2H3,(H,27,29)/b26-14-. The van der Waals surface area contributed by atoms with Crippen LogP contribution < -0.4 is 20.6 Å². The first-order chi connectivity index (χ1) is 15.9. The Balaban J connectivity index is 1.72. The van der Waals surface area contributed by atoms with Gasteiger partial charge in [0.2, 0.25) is 11.7 Å². The van der Waals surface area contributed by atoms with Crippen molar-refractivity contribution in [2.45, 2.75) is 20.0 Å². The van der Waals surface area contributed by atoms with Gasteiger partial charge in [0, 0.05) is 17.3 Å². The molecule has 0 bridgehead atoms. The number of hydrazone groups is 1. The number of nitro benzene ring substituents is 1. The average Bonchev–Trinajstić information content (AvgIpc) is 2.80. The zero-order valence-corrected chi connectivity index (χ0v) is 18.3. The van der Waals surface area contributed by atoms with Crippen LogP contribution in [0, 0.1) is 17.0 Å². The van der Waals surface area contributed by atoms with Crippen molar-refractivity contribution in [2.24, 2.45) is 5.10 Å². The lowest BCUT2D eigenvalue weighted by Crippen LogP contribution is -2.19. The Morgan fingerprint density at radius 2 is 1.79 bits per heavy atom. The number of nitrogen functional groups attached to an aromatic ring is 1. The summed E-state index contributed by atoms with van der Waals surface area (Å²) >= 11 is 0. The van der Waals surface area contributed by atoms with Crippen LogP contribution in [0.3, 0.4) is 0 Å². The number of hydrogen-bond donors (Lipinski definition) is 2. The van der Waals surface area contributed by atoms with Crippen molar-refractivity contribution in [1.82, 2.24) is 5.43 Å². The molecule has 3 rings (SSSR count). The molecule has 3 aromatic carbocycles. The van der Waals surface area contributed by atoms with E-state index in [1.807, 2.05) is 31.2 Å². The molecule has 0 fully saturated rings. The third kappa shape index (κ3) is 6.54. The van der Waals surface area contributed by atoms with Crippen LogP contribution in [0.4, 0.5) is 11.4 Å². The highest BCUT2D eigenvalue weighted by molar-refractivity contribution is 5.85. The second-order valence-electron chi connectivity index (χ2n) is 7.31. The maximum absolute atomic E-state index is 12.1. The quantitative estimate of drug-likeness (QED) is 0.222. The van der Waals surface area contributed by atoms with Crippen molar-refractivity contribution < 1.29 is 19.2 Å². The van der Waals surface area contributed by atoms with Gasteiger partial charge in [0.25, 0.3) is 0 Å². The first-order valence-electron chi connectivity index (χ1n) is 10.1. The molecule has 0 radical (unpaired) electrons. The fourth-order valence-corrected chi connectivity index (χ4v) is 2.99. The Bertz CT molecular complexity index is 1160. The summed E-state index contributed by atoms with van der Waals surface area (Å²) < 4.78 is 11.0. The Morgan fingerprint density at radius 3 is 2.42 bits per heavy atom. The van der Waals surface area contributed by atoms with Crippen LogP contribution in [0.2, 0.25) is 0 Å². The lowest BCUT2D eigenvalue weighted by atomic mass is 10.1. The van der Waals surface area contributed by atoms with Gasteiger partial charge in [0.1, 0.15) is 6.61 Å². The molecule has 170 valence electrons. The molecule has 0 heterocycles. The zero-order valence-electron chi connectivity index (χ0n) is 18.3. The molecule has 0 spiro atoms. The molecule has 0 aliphatic carbocycles. The summed E-state index contributed by atoms with van der Waals surface area (Å²) in [5.74, 6) is -0.130. The number of nitro groups is 1. The van der Waals surface area contributed by atoms with Crippen molar-refractivity contribution in [3.63, 3.8) is 0 Å². The van der Waals surface area contributed by atoms with Crippen LogP contribution in [0.15, 0.2) is 65.8 Å². The van der Waals surface area contributed by atoms with Crippen molar-refractivity contribution >= 4 is 23.5 Å².